The van der Waals surface area contributed by atoms with Crippen molar-refractivity contribution in [3.8, 4) is 0 Å². The molecular formula is C10H12O5. The Morgan fingerprint density at radius 1 is 1.20 bits per heavy atom. The van der Waals surface area contributed by atoms with Crippen LogP contribution in [0, 0.1) is 6.92 Å². The highest BCUT2D eigenvalue weighted by Gasteiger charge is 2.21. The molecule has 0 aliphatic carbocycles. The first-order chi connectivity index (χ1) is 6.99. The largest absolute Gasteiger partial charge is 0.458 e. The fourth-order valence-electron chi connectivity index (χ4n) is 1.02. The summed E-state index contributed by atoms with van der Waals surface area (Å²) < 4.78 is 14.8. The molecule has 0 bridgehead atoms. The summed E-state index contributed by atoms with van der Waals surface area (Å²) in [6.45, 7) is 4.20. The molecule has 15 heavy (non-hydrogen) atoms. The maximum atomic E-state index is 10.8. The van der Waals surface area contributed by atoms with Gasteiger partial charge in [0.2, 0.25) is 0 Å². The van der Waals surface area contributed by atoms with Gasteiger partial charge in [-0.05, 0) is 19.1 Å². The van der Waals surface area contributed by atoms with Gasteiger partial charge in [-0.25, -0.2) is 0 Å². The minimum Gasteiger partial charge on any atom is -0.458 e. The second-order valence-corrected chi connectivity index (χ2v) is 3.00. The van der Waals surface area contributed by atoms with Crippen LogP contribution in [0.25, 0.3) is 0 Å². The Kier molecular flexibility index (Phi) is 3.49. The van der Waals surface area contributed by atoms with Crippen molar-refractivity contribution < 1.29 is 23.5 Å². The van der Waals surface area contributed by atoms with Gasteiger partial charge < -0.3 is 13.9 Å². The molecule has 1 aromatic rings. The van der Waals surface area contributed by atoms with Crippen LogP contribution in [-0.2, 0) is 19.1 Å². The SMILES string of the molecule is CC(=O)OC(OC(C)=O)c1ccc(C)o1. The van der Waals surface area contributed by atoms with Crippen LogP contribution in [0.3, 0.4) is 0 Å². The number of esters is 2. The topological polar surface area (TPSA) is 65.7 Å². The van der Waals surface area contributed by atoms with Crippen LogP contribution in [0.5, 0.6) is 0 Å². The van der Waals surface area contributed by atoms with Gasteiger partial charge in [-0.1, -0.05) is 0 Å². The Balaban J connectivity index is 2.80. The Labute approximate surface area is 87.0 Å². The number of hydrogen-bond donors (Lipinski definition) is 0. The molecule has 0 aliphatic heterocycles. The van der Waals surface area contributed by atoms with Gasteiger partial charge in [-0.15, -0.1) is 0 Å². The van der Waals surface area contributed by atoms with E-state index in [-0.39, 0.29) is 5.76 Å². The van der Waals surface area contributed by atoms with E-state index in [1.54, 1.807) is 19.1 Å². The van der Waals surface area contributed by atoms with E-state index in [2.05, 4.69) is 0 Å². The van der Waals surface area contributed by atoms with E-state index in [9.17, 15) is 9.59 Å². The Hall–Kier alpha value is -1.78. The molecule has 0 aliphatic rings. The smallest absolute Gasteiger partial charge is 0.306 e. The zero-order valence-corrected chi connectivity index (χ0v) is 8.77. The molecular weight excluding hydrogens is 200 g/mol. The molecule has 0 aromatic carbocycles. The van der Waals surface area contributed by atoms with Crippen LogP contribution in [0.15, 0.2) is 16.5 Å². The monoisotopic (exact) mass is 212 g/mol. The van der Waals surface area contributed by atoms with E-state index in [0.717, 1.165) is 0 Å². The van der Waals surface area contributed by atoms with Gasteiger partial charge in [-0.3, -0.25) is 9.59 Å². The Morgan fingerprint density at radius 2 is 1.73 bits per heavy atom. The third-order valence-electron chi connectivity index (χ3n) is 1.54. The number of carbonyl (C=O) groups is 2. The molecule has 5 heteroatoms. The molecule has 0 spiro atoms. The highest BCUT2D eigenvalue weighted by atomic mass is 16.7. The van der Waals surface area contributed by atoms with Gasteiger partial charge in [0.15, 0.2) is 5.76 Å². The van der Waals surface area contributed by atoms with Crippen LogP contribution in [0.2, 0.25) is 0 Å². The highest BCUT2D eigenvalue weighted by Crippen LogP contribution is 2.21. The average molecular weight is 212 g/mol. The zero-order valence-electron chi connectivity index (χ0n) is 8.77. The summed E-state index contributed by atoms with van der Waals surface area (Å²) in [5, 5.41) is 0. The quantitative estimate of drug-likeness (QED) is 0.563. The maximum Gasteiger partial charge on any atom is 0.306 e. The van der Waals surface area contributed by atoms with Crippen LogP contribution in [0.4, 0.5) is 0 Å². The first-order valence-electron chi connectivity index (χ1n) is 4.40. The van der Waals surface area contributed by atoms with Crippen molar-refractivity contribution in [3.05, 3.63) is 23.7 Å². The summed E-state index contributed by atoms with van der Waals surface area (Å²) >= 11 is 0. The third kappa shape index (κ3) is 3.46. The summed E-state index contributed by atoms with van der Waals surface area (Å²) in [7, 11) is 0. The van der Waals surface area contributed by atoms with Gasteiger partial charge in [0.1, 0.15) is 5.76 Å². The van der Waals surface area contributed by atoms with Gasteiger partial charge >= 0.3 is 18.2 Å². The molecule has 0 atom stereocenters. The third-order valence-corrected chi connectivity index (χ3v) is 1.54. The summed E-state index contributed by atoms with van der Waals surface area (Å²) in [6, 6.07) is 3.28. The van der Waals surface area contributed by atoms with E-state index < -0.39 is 18.2 Å². The standard InChI is InChI=1S/C10H12O5/c1-6-4-5-9(13-6)10(14-7(2)11)15-8(3)12/h4-5,10H,1-3H3. The number of hydrogen-bond acceptors (Lipinski definition) is 5. The van der Waals surface area contributed by atoms with Crippen LogP contribution in [-0.4, -0.2) is 11.9 Å². The summed E-state index contributed by atoms with van der Waals surface area (Å²) in [4.78, 5) is 21.5. The lowest BCUT2D eigenvalue weighted by molar-refractivity contribution is -0.189. The predicted octanol–water partition coefficient (Wildman–Crippen LogP) is 1.71. The lowest BCUT2D eigenvalue weighted by Gasteiger charge is -2.13. The van der Waals surface area contributed by atoms with Crippen LogP contribution < -0.4 is 0 Å². The van der Waals surface area contributed by atoms with Crippen molar-refractivity contribution >= 4 is 11.9 Å². The lowest BCUT2D eigenvalue weighted by Crippen LogP contribution is -2.14. The van der Waals surface area contributed by atoms with E-state index in [4.69, 9.17) is 13.9 Å². The molecule has 0 unspecified atom stereocenters. The van der Waals surface area contributed by atoms with Crippen LogP contribution >= 0.6 is 0 Å². The van der Waals surface area contributed by atoms with Gasteiger partial charge in [0.05, 0.1) is 0 Å². The molecule has 0 saturated carbocycles. The maximum absolute atomic E-state index is 10.8. The lowest BCUT2D eigenvalue weighted by atomic mass is 10.4. The molecule has 0 saturated heterocycles. The normalized spacial score (nSPS) is 10.1. The number of rotatable bonds is 3. The average Bonchev–Trinajstić information content (AvgIpc) is 2.48. The van der Waals surface area contributed by atoms with E-state index in [0.29, 0.717) is 5.76 Å². The molecule has 0 amide bonds. The number of aryl methyl sites for hydroxylation is 1. The van der Waals surface area contributed by atoms with Crippen molar-refractivity contribution in [2.24, 2.45) is 0 Å². The summed E-state index contributed by atoms with van der Waals surface area (Å²) in [5.74, 6) is -0.155. The second-order valence-electron chi connectivity index (χ2n) is 3.00. The second kappa shape index (κ2) is 4.63. The minimum absolute atomic E-state index is 0.290. The predicted molar refractivity (Wildman–Crippen MR) is 49.7 cm³/mol. The molecule has 1 heterocycles. The van der Waals surface area contributed by atoms with Crippen molar-refractivity contribution in [1.82, 2.24) is 0 Å². The highest BCUT2D eigenvalue weighted by molar-refractivity contribution is 5.68. The van der Waals surface area contributed by atoms with Gasteiger partial charge in [0.25, 0.3) is 0 Å². The molecule has 0 fully saturated rings. The first-order valence-corrected chi connectivity index (χ1v) is 4.40. The molecule has 0 radical (unpaired) electrons. The van der Waals surface area contributed by atoms with Gasteiger partial charge in [0, 0.05) is 13.8 Å². The van der Waals surface area contributed by atoms with Crippen molar-refractivity contribution in [2.75, 3.05) is 0 Å². The molecule has 5 nitrogen and oxygen atoms in total. The van der Waals surface area contributed by atoms with Crippen LogP contribution in [0.1, 0.15) is 31.7 Å². The molecule has 1 rings (SSSR count). The van der Waals surface area contributed by atoms with E-state index in [1.807, 2.05) is 0 Å². The van der Waals surface area contributed by atoms with E-state index >= 15 is 0 Å². The van der Waals surface area contributed by atoms with Gasteiger partial charge in [-0.2, -0.15) is 0 Å². The fraction of sp³-hybridized carbons (Fsp3) is 0.400. The molecule has 0 N–H and O–H groups in total. The van der Waals surface area contributed by atoms with Crippen molar-refractivity contribution in [3.63, 3.8) is 0 Å². The van der Waals surface area contributed by atoms with Crippen molar-refractivity contribution in [2.45, 2.75) is 27.1 Å². The Morgan fingerprint density at radius 3 is 2.07 bits per heavy atom. The fourth-order valence-corrected chi connectivity index (χ4v) is 1.02. The number of carbonyl (C=O) groups excluding carboxylic acids is 2. The van der Waals surface area contributed by atoms with E-state index in [1.165, 1.54) is 13.8 Å². The zero-order chi connectivity index (χ0) is 11.4. The minimum atomic E-state index is -1.10. The summed E-state index contributed by atoms with van der Waals surface area (Å²) in [5.41, 5.74) is 0. The summed E-state index contributed by atoms with van der Waals surface area (Å²) in [6.07, 6.45) is -1.10. The number of furan rings is 1. The molecule has 1 aromatic heterocycles. The van der Waals surface area contributed by atoms with Crippen molar-refractivity contribution in [1.29, 1.82) is 0 Å². The number of ether oxygens (including phenoxy) is 2. The Bertz CT molecular complexity index is 350. The molecule has 82 valence electrons. The first kappa shape index (κ1) is 11.3.